The number of amides is 1. The summed E-state index contributed by atoms with van der Waals surface area (Å²) in [6.45, 7) is 5.31. The maximum atomic E-state index is 13.5. The van der Waals surface area contributed by atoms with E-state index in [0.717, 1.165) is 30.8 Å². The first-order valence-electron chi connectivity index (χ1n) is 12.3. The molecule has 36 heavy (non-hydrogen) atoms. The molecule has 1 N–H and O–H groups in total. The lowest BCUT2D eigenvalue weighted by molar-refractivity contribution is -0.127. The molecule has 2 aliphatic heterocycles. The Morgan fingerprint density at radius 2 is 1.72 bits per heavy atom. The SMILES string of the molecule is Cc1ccc2c(c1)OC(C(=O)NCc1cccc(CN3CCCC3)c1)CN2S(=O)(=O)c1ccccc1. The Labute approximate surface area is 212 Å². The number of ether oxygens (including phenoxy) is 1. The van der Waals surface area contributed by atoms with Crippen molar-refractivity contribution in [3.05, 3.63) is 89.5 Å². The Balaban J connectivity index is 1.32. The molecule has 8 heteroatoms. The predicted octanol–water partition coefficient (Wildman–Crippen LogP) is 3.86. The number of sulfonamides is 1. The van der Waals surface area contributed by atoms with Crippen molar-refractivity contribution in [3.63, 3.8) is 0 Å². The van der Waals surface area contributed by atoms with E-state index in [1.54, 1.807) is 42.5 Å². The fourth-order valence-electron chi connectivity index (χ4n) is 4.78. The van der Waals surface area contributed by atoms with Gasteiger partial charge in [-0.1, -0.05) is 48.5 Å². The highest BCUT2D eigenvalue weighted by Crippen LogP contribution is 2.37. The monoisotopic (exact) mass is 505 g/mol. The number of aryl methyl sites for hydroxylation is 1. The summed E-state index contributed by atoms with van der Waals surface area (Å²) in [5, 5.41) is 2.95. The van der Waals surface area contributed by atoms with Crippen molar-refractivity contribution in [2.24, 2.45) is 0 Å². The van der Waals surface area contributed by atoms with Gasteiger partial charge in [-0.2, -0.15) is 0 Å². The van der Waals surface area contributed by atoms with Crippen molar-refractivity contribution < 1.29 is 17.9 Å². The third-order valence-electron chi connectivity index (χ3n) is 6.67. The Bertz CT molecular complexity index is 1340. The molecule has 2 aliphatic rings. The summed E-state index contributed by atoms with van der Waals surface area (Å²) in [5.41, 5.74) is 3.58. The van der Waals surface area contributed by atoms with E-state index in [1.807, 2.05) is 25.1 Å². The third kappa shape index (κ3) is 5.24. The molecule has 1 amide bonds. The number of nitrogens with zero attached hydrogens (tertiary/aromatic N) is 2. The van der Waals surface area contributed by atoms with Gasteiger partial charge in [0.1, 0.15) is 5.75 Å². The standard InChI is InChI=1S/C28H31N3O4S/c1-21-12-13-25-26(16-21)35-27(20-31(25)36(33,34)24-10-3-2-4-11-24)28(32)29-18-22-8-7-9-23(17-22)19-30-14-5-6-15-30/h2-4,7-13,16-17,27H,5-6,14-15,18-20H2,1H3,(H,29,32). The van der Waals surface area contributed by atoms with Crippen LogP contribution in [0.25, 0.3) is 0 Å². The van der Waals surface area contributed by atoms with Crippen LogP contribution < -0.4 is 14.4 Å². The van der Waals surface area contributed by atoms with E-state index in [0.29, 0.717) is 18.0 Å². The van der Waals surface area contributed by atoms with Crippen LogP contribution in [-0.2, 0) is 27.9 Å². The van der Waals surface area contributed by atoms with Crippen LogP contribution in [-0.4, -0.2) is 45.0 Å². The summed E-state index contributed by atoms with van der Waals surface area (Å²) >= 11 is 0. The molecule has 7 nitrogen and oxygen atoms in total. The largest absolute Gasteiger partial charge is 0.476 e. The van der Waals surface area contributed by atoms with Crippen molar-refractivity contribution in [2.45, 2.75) is 43.9 Å². The fraction of sp³-hybridized carbons (Fsp3) is 0.321. The molecule has 0 bridgehead atoms. The molecular formula is C28H31N3O4S. The zero-order valence-electron chi connectivity index (χ0n) is 20.4. The van der Waals surface area contributed by atoms with Gasteiger partial charge in [-0.05, 0) is 73.8 Å². The minimum absolute atomic E-state index is 0.103. The van der Waals surface area contributed by atoms with Gasteiger partial charge in [0.25, 0.3) is 15.9 Å². The first-order chi connectivity index (χ1) is 17.4. The van der Waals surface area contributed by atoms with E-state index in [-0.39, 0.29) is 17.3 Å². The summed E-state index contributed by atoms with van der Waals surface area (Å²) in [5.74, 6) is 0.0360. The Morgan fingerprint density at radius 1 is 0.972 bits per heavy atom. The van der Waals surface area contributed by atoms with Gasteiger partial charge in [0.15, 0.2) is 6.10 Å². The average Bonchev–Trinajstić information content (AvgIpc) is 3.40. The van der Waals surface area contributed by atoms with Crippen LogP contribution in [0.1, 0.15) is 29.5 Å². The molecule has 3 aromatic carbocycles. The van der Waals surface area contributed by atoms with Gasteiger partial charge in [-0.3, -0.25) is 14.0 Å². The highest BCUT2D eigenvalue weighted by Gasteiger charge is 2.37. The maximum absolute atomic E-state index is 13.5. The second kappa shape index (κ2) is 10.3. The topological polar surface area (TPSA) is 79.0 Å². The van der Waals surface area contributed by atoms with Gasteiger partial charge in [0.2, 0.25) is 0 Å². The molecular weight excluding hydrogens is 474 g/mol. The summed E-state index contributed by atoms with van der Waals surface area (Å²) in [7, 11) is -3.87. The van der Waals surface area contributed by atoms with Crippen LogP contribution in [0, 0.1) is 6.92 Å². The number of hydrogen-bond donors (Lipinski definition) is 1. The van der Waals surface area contributed by atoms with Crippen LogP contribution in [0.2, 0.25) is 0 Å². The Kier molecular flexibility index (Phi) is 6.98. The van der Waals surface area contributed by atoms with Crippen LogP contribution in [0.5, 0.6) is 5.75 Å². The number of benzene rings is 3. The van der Waals surface area contributed by atoms with Crippen molar-refractivity contribution >= 4 is 21.6 Å². The normalized spacial score (nSPS) is 17.9. The number of fused-ring (bicyclic) bond motifs is 1. The number of nitrogens with one attached hydrogen (secondary N) is 1. The number of carbonyl (C=O) groups excluding carboxylic acids is 1. The van der Waals surface area contributed by atoms with Gasteiger partial charge in [-0.25, -0.2) is 8.42 Å². The molecule has 1 saturated heterocycles. The van der Waals surface area contributed by atoms with Crippen molar-refractivity contribution in [1.29, 1.82) is 0 Å². The van der Waals surface area contributed by atoms with Crippen molar-refractivity contribution in [2.75, 3.05) is 23.9 Å². The number of likely N-dealkylation sites (tertiary alicyclic amines) is 1. The molecule has 2 heterocycles. The minimum Gasteiger partial charge on any atom is -0.476 e. The number of rotatable bonds is 7. The molecule has 0 spiro atoms. The third-order valence-corrected chi connectivity index (χ3v) is 8.47. The van der Waals surface area contributed by atoms with Gasteiger partial charge in [-0.15, -0.1) is 0 Å². The van der Waals surface area contributed by atoms with Crippen molar-refractivity contribution in [1.82, 2.24) is 10.2 Å². The second-order valence-electron chi connectivity index (χ2n) is 9.45. The highest BCUT2D eigenvalue weighted by molar-refractivity contribution is 7.92. The molecule has 1 fully saturated rings. The lowest BCUT2D eigenvalue weighted by Gasteiger charge is -2.35. The highest BCUT2D eigenvalue weighted by atomic mass is 32.2. The summed E-state index contributed by atoms with van der Waals surface area (Å²) in [4.78, 5) is 15.8. The molecule has 0 saturated carbocycles. The van der Waals surface area contributed by atoms with E-state index in [2.05, 4.69) is 22.3 Å². The molecule has 1 unspecified atom stereocenters. The Hall–Kier alpha value is -3.36. The Morgan fingerprint density at radius 3 is 2.50 bits per heavy atom. The summed E-state index contributed by atoms with van der Waals surface area (Å²) in [6, 6.07) is 21.8. The van der Waals surface area contributed by atoms with Crippen molar-refractivity contribution in [3.8, 4) is 5.75 Å². The number of anilines is 1. The number of carbonyl (C=O) groups is 1. The number of hydrogen-bond acceptors (Lipinski definition) is 5. The van der Waals surface area contributed by atoms with E-state index >= 15 is 0 Å². The van der Waals surface area contributed by atoms with Gasteiger partial charge in [0.05, 0.1) is 17.1 Å². The smallest absolute Gasteiger partial charge is 0.264 e. The average molecular weight is 506 g/mol. The van der Waals surface area contributed by atoms with E-state index in [1.165, 1.54) is 22.7 Å². The zero-order valence-corrected chi connectivity index (χ0v) is 21.2. The molecule has 1 atom stereocenters. The van der Waals surface area contributed by atoms with Gasteiger partial charge in [0, 0.05) is 13.1 Å². The van der Waals surface area contributed by atoms with E-state index < -0.39 is 16.1 Å². The second-order valence-corrected chi connectivity index (χ2v) is 11.3. The van der Waals surface area contributed by atoms with Gasteiger partial charge < -0.3 is 10.1 Å². The molecule has 3 aromatic rings. The van der Waals surface area contributed by atoms with E-state index in [4.69, 9.17) is 4.74 Å². The molecule has 0 radical (unpaired) electrons. The van der Waals surface area contributed by atoms with Crippen LogP contribution in [0.4, 0.5) is 5.69 Å². The quantitative estimate of drug-likeness (QED) is 0.528. The minimum atomic E-state index is -3.87. The lowest BCUT2D eigenvalue weighted by Crippen LogP contribution is -2.50. The molecule has 5 rings (SSSR count). The maximum Gasteiger partial charge on any atom is 0.264 e. The van der Waals surface area contributed by atoms with Crippen LogP contribution >= 0.6 is 0 Å². The van der Waals surface area contributed by atoms with E-state index in [9.17, 15) is 13.2 Å². The first kappa shape index (κ1) is 24.3. The first-order valence-corrected chi connectivity index (χ1v) is 13.8. The van der Waals surface area contributed by atoms with Gasteiger partial charge >= 0.3 is 0 Å². The fourth-order valence-corrected chi connectivity index (χ4v) is 6.28. The summed E-state index contributed by atoms with van der Waals surface area (Å²) < 4.78 is 34.3. The van der Waals surface area contributed by atoms with Crippen LogP contribution in [0.3, 0.4) is 0 Å². The molecule has 188 valence electrons. The van der Waals surface area contributed by atoms with Crippen LogP contribution in [0.15, 0.2) is 77.7 Å². The summed E-state index contributed by atoms with van der Waals surface area (Å²) in [6.07, 6.45) is 1.53. The molecule has 0 aliphatic carbocycles. The predicted molar refractivity (Wildman–Crippen MR) is 139 cm³/mol. The molecule has 0 aromatic heterocycles. The lowest BCUT2D eigenvalue weighted by atomic mass is 10.1. The zero-order chi connectivity index (χ0) is 25.1.